The van der Waals surface area contributed by atoms with Gasteiger partial charge in [0.1, 0.15) is 0 Å². The van der Waals surface area contributed by atoms with E-state index in [4.69, 9.17) is 9.47 Å². The van der Waals surface area contributed by atoms with Crippen LogP contribution in [0.2, 0.25) is 0 Å². The molecule has 3 rings (SSSR count). The number of aryl methyl sites for hydroxylation is 1. The lowest BCUT2D eigenvalue weighted by Crippen LogP contribution is -2.33. The van der Waals surface area contributed by atoms with Crippen LogP contribution >= 0.6 is 0 Å². The molecule has 0 amide bonds. The van der Waals surface area contributed by atoms with Gasteiger partial charge in [-0.15, -0.1) is 0 Å². The number of hydrogen-bond acceptors (Lipinski definition) is 4. The van der Waals surface area contributed by atoms with E-state index in [1.807, 2.05) is 12.1 Å². The highest BCUT2D eigenvalue weighted by molar-refractivity contribution is 5.92. The maximum absolute atomic E-state index is 12.2. The van der Waals surface area contributed by atoms with Crippen molar-refractivity contribution in [2.45, 2.75) is 71.1 Å². The highest BCUT2D eigenvalue weighted by Gasteiger charge is 2.36. The first kappa shape index (κ1) is 26.5. The van der Waals surface area contributed by atoms with Crippen LogP contribution in [-0.2, 0) is 31.5 Å². The molecule has 0 N–H and O–H groups in total. The van der Waals surface area contributed by atoms with Crippen molar-refractivity contribution in [2.75, 3.05) is 13.7 Å². The van der Waals surface area contributed by atoms with Gasteiger partial charge in [-0.1, -0.05) is 64.1 Å². The predicted molar refractivity (Wildman–Crippen MR) is 142 cm³/mol. The normalized spacial score (nSPS) is 16.6. The first-order valence-electron chi connectivity index (χ1n) is 12.4. The summed E-state index contributed by atoms with van der Waals surface area (Å²) in [6, 6.07) is 14.2. The second-order valence-corrected chi connectivity index (χ2v) is 10.5. The molecule has 186 valence electrons. The molecule has 0 unspecified atom stereocenters. The van der Waals surface area contributed by atoms with E-state index in [2.05, 4.69) is 52.0 Å². The molecule has 0 heterocycles. The summed E-state index contributed by atoms with van der Waals surface area (Å²) in [6.07, 6.45) is 9.34. The van der Waals surface area contributed by atoms with Gasteiger partial charge in [0.25, 0.3) is 0 Å². The topological polar surface area (TPSA) is 52.6 Å². The standard InChI is InChI=1S/C31H38O4/c1-7-35-29(33)25-13-9-12-24(21-25)23(15-17-28(32)34-6)11-8-10-22-14-16-26-27(20-22)31(4,5)19-18-30(26,2)3/h9,11-17,20-21H,7-8,10,18-19H2,1-6H3/b17-15+,23-11-. The smallest absolute Gasteiger partial charge is 0.338 e. The molecule has 0 bridgehead atoms. The molecule has 1 aliphatic carbocycles. The number of fused-ring (bicyclic) bond motifs is 1. The van der Waals surface area contributed by atoms with Gasteiger partial charge in [-0.3, -0.25) is 0 Å². The van der Waals surface area contributed by atoms with Gasteiger partial charge >= 0.3 is 11.9 Å². The summed E-state index contributed by atoms with van der Waals surface area (Å²) in [5, 5.41) is 0. The average molecular weight is 475 g/mol. The minimum Gasteiger partial charge on any atom is -0.466 e. The largest absolute Gasteiger partial charge is 0.466 e. The van der Waals surface area contributed by atoms with Crippen molar-refractivity contribution in [2.24, 2.45) is 0 Å². The number of ether oxygens (including phenoxy) is 2. The molecule has 0 saturated heterocycles. The zero-order chi connectivity index (χ0) is 25.6. The number of carbonyl (C=O) groups excluding carboxylic acids is 2. The number of esters is 2. The van der Waals surface area contributed by atoms with E-state index in [1.54, 1.807) is 25.1 Å². The number of allylic oxidation sites excluding steroid dienone is 3. The molecule has 0 radical (unpaired) electrons. The third-order valence-corrected chi connectivity index (χ3v) is 7.02. The van der Waals surface area contributed by atoms with Gasteiger partial charge < -0.3 is 9.47 Å². The highest BCUT2D eigenvalue weighted by Crippen LogP contribution is 2.46. The second kappa shape index (κ2) is 11.1. The number of benzene rings is 2. The molecular formula is C31H38O4. The molecular weight excluding hydrogens is 436 g/mol. The monoisotopic (exact) mass is 474 g/mol. The van der Waals surface area contributed by atoms with E-state index < -0.39 is 5.97 Å². The molecule has 1 aliphatic rings. The first-order chi connectivity index (χ1) is 16.6. The van der Waals surface area contributed by atoms with Crippen molar-refractivity contribution >= 4 is 17.5 Å². The molecule has 0 saturated carbocycles. The Balaban J connectivity index is 1.87. The van der Waals surface area contributed by atoms with Crippen LogP contribution < -0.4 is 0 Å². The van der Waals surface area contributed by atoms with Gasteiger partial charge in [-0.25, -0.2) is 9.59 Å². The van der Waals surface area contributed by atoms with Gasteiger partial charge in [0.05, 0.1) is 19.3 Å². The van der Waals surface area contributed by atoms with Gasteiger partial charge in [0.2, 0.25) is 0 Å². The lowest BCUT2D eigenvalue weighted by atomic mass is 9.63. The van der Waals surface area contributed by atoms with Crippen LogP contribution in [0.4, 0.5) is 0 Å². The Hall–Kier alpha value is -3.14. The van der Waals surface area contributed by atoms with E-state index in [1.165, 1.54) is 42.7 Å². The van der Waals surface area contributed by atoms with Crippen LogP contribution in [0.5, 0.6) is 0 Å². The Bertz CT molecular complexity index is 1130. The summed E-state index contributed by atoms with van der Waals surface area (Å²) >= 11 is 0. The minimum atomic E-state index is -0.419. The Morgan fingerprint density at radius 1 is 0.914 bits per heavy atom. The third-order valence-electron chi connectivity index (χ3n) is 7.02. The van der Waals surface area contributed by atoms with Gasteiger partial charge in [0, 0.05) is 6.08 Å². The zero-order valence-corrected chi connectivity index (χ0v) is 21.9. The predicted octanol–water partition coefficient (Wildman–Crippen LogP) is 6.96. The van der Waals surface area contributed by atoms with E-state index in [-0.39, 0.29) is 16.8 Å². The lowest BCUT2D eigenvalue weighted by molar-refractivity contribution is -0.134. The molecule has 0 fully saturated rings. The van der Waals surface area contributed by atoms with Crippen LogP contribution in [0.25, 0.3) is 5.57 Å². The Morgan fingerprint density at radius 3 is 2.29 bits per heavy atom. The summed E-state index contributed by atoms with van der Waals surface area (Å²) in [5.74, 6) is -0.776. The molecule has 4 nitrogen and oxygen atoms in total. The van der Waals surface area contributed by atoms with Crippen molar-refractivity contribution in [3.8, 4) is 0 Å². The Labute approximate surface area is 210 Å². The van der Waals surface area contributed by atoms with Crippen molar-refractivity contribution < 1.29 is 19.1 Å². The van der Waals surface area contributed by atoms with Crippen molar-refractivity contribution in [3.63, 3.8) is 0 Å². The quantitative estimate of drug-likeness (QED) is 0.236. The van der Waals surface area contributed by atoms with Crippen molar-refractivity contribution in [1.82, 2.24) is 0 Å². The summed E-state index contributed by atoms with van der Waals surface area (Å²) in [5.41, 5.74) is 6.82. The summed E-state index contributed by atoms with van der Waals surface area (Å²) in [4.78, 5) is 24.0. The molecule has 0 aromatic heterocycles. The molecule has 0 atom stereocenters. The van der Waals surface area contributed by atoms with Gasteiger partial charge in [-0.2, -0.15) is 0 Å². The van der Waals surface area contributed by atoms with E-state index in [0.717, 1.165) is 24.0 Å². The number of hydrogen-bond donors (Lipinski definition) is 0. The molecule has 4 heteroatoms. The van der Waals surface area contributed by atoms with Crippen LogP contribution in [0.3, 0.4) is 0 Å². The second-order valence-electron chi connectivity index (χ2n) is 10.5. The van der Waals surface area contributed by atoms with Crippen molar-refractivity contribution in [1.29, 1.82) is 0 Å². The maximum atomic E-state index is 12.2. The maximum Gasteiger partial charge on any atom is 0.338 e. The van der Waals surface area contributed by atoms with Crippen LogP contribution in [0.15, 0.2) is 60.7 Å². The number of rotatable bonds is 8. The molecule has 35 heavy (non-hydrogen) atoms. The summed E-state index contributed by atoms with van der Waals surface area (Å²) in [6.45, 7) is 11.5. The van der Waals surface area contributed by atoms with E-state index in [9.17, 15) is 9.59 Å². The van der Waals surface area contributed by atoms with Crippen LogP contribution in [0, 0.1) is 0 Å². The highest BCUT2D eigenvalue weighted by atomic mass is 16.5. The fraction of sp³-hybridized carbons (Fsp3) is 0.419. The number of carbonyl (C=O) groups is 2. The molecule has 2 aromatic carbocycles. The molecule has 2 aromatic rings. The van der Waals surface area contributed by atoms with Crippen molar-refractivity contribution in [3.05, 3.63) is 88.5 Å². The lowest BCUT2D eigenvalue weighted by Gasteiger charge is -2.42. The molecule has 0 aliphatic heterocycles. The number of methoxy groups -OCH3 is 1. The summed E-state index contributed by atoms with van der Waals surface area (Å²) in [7, 11) is 1.36. The van der Waals surface area contributed by atoms with Gasteiger partial charge in [0.15, 0.2) is 0 Å². The average Bonchev–Trinajstić information content (AvgIpc) is 2.84. The fourth-order valence-electron chi connectivity index (χ4n) is 4.73. The minimum absolute atomic E-state index is 0.179. The van der Waals surface area contributed by atoms with E-state index in [0.29, 0.717) is 12.2 Å². The van der Waals surface area contributed by atoms with Gasteiger partial charge in [-0.05, 0) is 89.5 Å². The Kier molecular flexibility index (Phi) is 8.37. The Morgan fingerprint density at radius 2 is 1.60 bits per heavy atom. The van der Waals surface area contributed by atoms with Crippen LogP contribution in [0.1, 0.15) is 86.5 Å². The zero-order valence-electron chi connectivity index (χ0n) is 21.9. The first-order valence-corrected chi connectivity index (χ1v) is 12.4. The SMILES string of the molecule is CCOC(=O)c1cccc(C(=C\CCc2ccc3c(c2)C(C)(C)CCC3(C)C)/C=C/C(=O)OC)c1. The molecule has 0 spiro atoms. The summed E-state index contributed by atoms with van der Waals surface area (Å²) < 4.78 is 9.91. The van der Waals surface area contributed by atoms with E-state index >= 15 is 0 Å². The fourth-order valence-corrected chi connectivity index (χ4v) is 4.73. The third kappa shape index (κ3) is 6.50. The van der Waals surface area contributed by atoms with Crippen LogP contribution in [-0.4, -0.2) is 25.7 Å².